The molecule has 88 valence electrons. The molecule has 0 atom stereocenters. The molecule has 1 aromatic rings. The van der Waals surface area contributed by atoms with Crippen LogP contribution in [0.3, 0.4) is 0 Å². The number of nitrogens with zero attached hydrogens (tertiary/aromatic N) is 1. The second-order valence-electron chi connectivity index (χ2n) is 3.58. The van der Waals surface area contributed by atoms with Gasteiger partial charge in [0.25, 0.3) is 0 Å². The van der Waals surface area contributed by atoms with Crippen molar-refractivity contribution in [3.8, 4) is 0 Å². The maximum atomic E-state index is 10.7. The fraction of sp³-hybridized carbons (Fsp3) is 0.143. The Morgan fingerprint density at radius 2 is 2.24 bits per heavy atom. The number of nitrogens with one attached hydrogen (secondary N) is 1. The summed E-state index contributed by atoms with van der Waals surface area (Å²) >= 11 is 0. The van der Waals surface area contributed by atoms with Crippen molar-refractivity contribution in [3.05, 3.63) is 71.3 Å². The number of benzene rings is 1. The average Bonchev–Trinajstić information content (AvgIpc) is 2.35. The van der Waals surface area contributed by atoms with E-state index in [1.54, 1.807) is 18.2 Å². The second kappa shape index (κ2) is 6.43. The molecule has 0 aliphatic rings. The lowest BCUT2D eigenvalue weighted by atomic mass is 10.1. The molecule has 0 saturated carbocycles. The third-order valence-electron chi connectivity index (χ3n) is 2.47. The highest BCUT2D eigenvalue weighted by Crippen LogP contribution is 2.22. The summed E-state index contributed by atoms with van der Waals surface area (Å²) in [6.45, 7) is 9.81. The molecule has 0 aromatic heterocycles. The highest BCUT2D eigenvalue weighted by molar-refractivity contribution is 5.49. The first-order valence-corrected chi connectivity index (χ1v) is 5.33. The highest BCUT2D eigenvalue weighted by atomic mass is 16.3. The summed E-state index contributed by atoms with van der Waals surface area (Å²) in [5, 5.41) is 6.20. The van der Waals surface area contributed by atoms with E-state index < -0.39 is 0 Å². The van der Waals surface area contributed by atoms with Crippen molar-refractivity contribution in [3.63, 3.8) is 0 Å². The van der Waals surface area contributed by atoms with Crippen LogP contribution in [0.1, 0.15) is 11.1 Å². The number of hydrogen-bond donors (Lipinski definition) is 1. The molecule has 0 spiro atoms. The van der Waals surface area contributed by atoms with Gasteiger partial charge in [0.1, 0.15) is 5.69 Å². The summed E-state index contributed by atoms with van der Waals surface area (Å²) in [6, 6.07) is 5.49. The van der Waals surface area contributed by atoms with Gasteiger partial charge in [0.15, 0.2) is 0 Å². The number of rotatable bonds is 6. The highest BCUT2D eigenvalue weighted by Gasteiger charge is 2.05. The predicted molar refractivity (Wildman–Crippen MR) is 72.0 cm³/mol. The van der Waals surface area contributed by atoms with Gasteiger partial charge in [-0.05, 0) is 35.9 Å². The van der Waals surface area contributed by atoms with Crippen LogP contribution >= 0.6 is 0 Å². The van der Waals surface area contributed by atoms with Crippen molar-refractivity contribution < 1.29 is 0 Å². The number of nitroso groups, excluding NO2 is 1. The molecule has 0 aliphatic heterocycles. The van der Waals surface area contributed by atoms with Gasteiger partial charge in [-0.15, -0.1) is 4.91 Å². The van der Waals surface area contributed by atoms with Crippen LogP contribution in [-0.4, -0.2) is 0 Å². The smallest absolute Gasteiger partial charge is 0.113 e. The Bertz CT molecular complexity index is 461. The third-order valence-corrected chi connectivity index (χ3v) is 2.47. The summed E-state index contributed by atoms with van der Waals surface area (Å²) in [6.07, 6.45) is 5.20. The van der Waals surface area contributed by atoms with E-state index in [-0.39, 0.29) is 0 Å². The lowest BCUT2D eigenvalue weighted by Gasteiger charge is -2.10. The quantitative estimate of drug-likeness (QED) is 0.595. The van der Waals surface area contributed by atoms with Crippen LogP contribution in [0.25, 0.3) is 0 Å². The third kappa shape index (κ3) is 3.41. The lowest BCUT2D eigenvalue weighted by molar-refractivity contribution is 0.828. The Hall–Kier alpha value is -2.16. The number of allylic oxidation sites excluding steroid dienone is 3. The molecule has 3 heteroatoms. The van der Waals surface area contributed by atoms with Crippen molar-refractivity contribution in [2.24, 2.45) is 5.18 Å². The Kier molecular flexibility index (Phi) is 4.88. The zero-order valence-electron chi connectivity index (χ0n) is 9.94. The molecular formula is C14H16N2O. The minimum atomic E-state index is 0.472. The Morgan fingerprint density at radius 3 is 2.82 bits per heavy atom. The topological polar surface area (TPSA) is 41.5 Å². The minimum Gasteiger partial charge on any atom is -0.381 e. The Morgan fingerprint density at radius 1 is 1.47 bits per heavy atom. The van der Waals surface area contributed by atoms with Crippen LogP contribution in [0, 0.1) is 11.8 Å². The van der Waals surface area contributed by atoms with Crippen molar-refractivity contribution in [1.82, 2.24) is 5.32 Å². The van der Waals surface area contributed by atoms with Gasteiger partial charge in [0.05, 0.1) is 0 Å². The van der Waals surface area contributed by atoms with Crippen molar-refractivity contribution in [1.29, 1.82) is 0 Å². The van der Waals surface area contributed by atoms with Crippen molar-refractivity contribution in [2.75, 3.05) is 0 Å². The standard InChI is InChI=1S/C14H16N2O/c1-4-7-12(5-2)15-10-13-11(3)8-6-9-14(13)16-17/h4-9,15H,1-2,10H2,3H3/b12-7+. The van der Waals surface area contributed by atoms with Gasteiger partial charge in [-0.1, -0.05) is 31.4 Å². The van der Waals surface area contributed by atoms with E-state index in [1.165, 1.54) is 0 Å². The zero-order chi connectivity index (χ0) is 12.7. The summed E-state index contributed by atoms with van der Waals surface area (Å²) in [4.78, 5) is 10.7. The predicted octanol–water partition coefficient (Wildman–Crippen LogP) is 3.74. The van der Waals surface area contributed by atoms with E-state index in [2.05, 4.69) is 23.7 Å². The summed E-state index contributed by atoms with van der Waals surface area (Å²) in [5.41, 5.74) is 3.27. The molecule has 1 rings (SSSR count). The lowest BCUT2D eigenvalue weighted by Crippen LogP contribution is -2.12. The molecule has 0 aliphatic carbocycles. The van der Waals surface area contributed by atoms with Crippen LogP contribution in [0.15, 0.2) is 60.5 Å². The molecule has 0 radical (unpaired) electrons. The van der Waals surface area contributed by atoms with Crippen molar-refractivity contribution >= 4 is 5.69 Å². The molecule has 3 nitrogen and oxygen atoms in total. The van der Waals surface area contributed by atoms with Crippen molar-refractivity contribution in [2.45, 2.75) is 13.5 Å². The van der Waals surface area contributed by atoms with Gasteiger partial charge in [-0.3, -0.25) is 0 Å². The minimum absolute atomic E-state index is 0.472. The first-order valence-electron chi connectivity index (χ1n) is 5.33. The molecule has 0 amide bonds. The molecule has 1 N–H and O–H groups in total. The molecule has 0 fully saturated rings. The Balaban J connectivity index is 2.88. The van der Waals surface area contributed by atoms with Crippen LogP contribution in [0.2, 0.25) is 0 Å². The average molecular weight is 228 g/mol. The van der Waals surface area contributed by atoms with E-state index in [0.717, 1.165) is 16.8 Å². The summed E-state index contributed by atoms with van der Waals surface area (Å²) < 4.78 is 0. The maximum absolute atomic E-state index is 10.7. The summed E-state index contributed by atoms with van der Waals surface area (Å²) in [5.74, 6) is 0. The van der Waals surface area contributed by atoms with E-state index in [4.69, 9.17) is 0 Å². The zero-order valence-corrected chi connectivity index (χ0v) is 9.94. The fourth-order valence-electron chi connectivity index (χ4n) is 1.52. The van der Waals surface area contributed by atoms with Gasteiger partial charge in [-0.2, -0.15) is 0 Å². The van der Waals surface area contributed by atoms with Gasteiger partial charge in [0.2, 0.25) is 0 Å². The van der Waals surface area contributed by atoms with Crippen LogP contribution < -0.4 is 5.32 Å². The van der Waals surface area contributed by atoms with E-state index in [9.17, 15) is 4.91 Å². The SMILES string of the molecule is C=C/C=C(\C=C)NCc1c(C)cccc1N=O. The van der Waals surface area contributed by atoms with Crippen LogP contribution in [0.5, 0.6) is 0 Å². The summed E-state index contributed by atoms with van der Waals surface area (Å²) in [7, 11) is 0. The molecule has 0 unspecified atom stereocenters. The fourth-order valence-corrected chi connectivity index (χ4v) is 1.52. The van der Waals surface area contributed by atoms with E-state index in [0.29, 0.717) is 12.2 Å². The second-order valence-corrected chi connectivity index (χ2v) is 3.58. The normalized spacial score (nSPS) is 10.8. The molecule has 0 bridgehead atoms. The first-order chi connectivity index (χ1) is 8.22. The van der Waals surface area contributed by atoms with Crippen LogP contribution in [0.4, 0.5) is 5.69 Å². The molecule has 0 saturated heterocycles. The van der Waals surface area contributed by atoms with E-state index in [1.807, 2.05) is 25.1 Å². The molecule has 0 heterocycles. The van der Waals surface area contributed by atoms with Crippen LogP contribution in [-0.2, 0) is 6.54 Å². The number of aryl methyl sites for hydroxylation is 1. The first kappa shape index (κ1) is 12.9. The van der Waals surface area contributed by atoms with E-state index >= 15 is 0 Å². The van der Waals surface area contributed by atoms with Gasteiger partial charge in [0, 0.05) is 17.8 Å². The van der Waals surface area contributed by atoms with Gasteiger partial charge < -0.3 is 5.32 Å². The Labute approximate surface area is 102 Å². The maximum Gasteiger partial charge on any atom is 0.113 e. The van der Waals surface area contributed by atoms with Gasteiger partial charge in [-0.25, -0.2) is 0 Å². The molecule has 1 aromatic carbocycles. The molecular weight excluding hydrogens is 212 g/mol. The molecule has 17 heavy (non-hydrogen) atoms. The number of hydrogen-bond acceptors (Lipinski definition) is 3. The monoisotopic (exact) mass is 228 g/mol. The largest absolute Gasteiger partial charge is 0.381 e. The van der Waals surface area contributed by atoms with Gasteiger partial charge >= 0.3 is 0 Å².